The van der Waals surface area contributed by atoms with E-state index < -0.39 is 0 Å². The number of ether oxygens (including phenoxy) is 1. The fraction of sp³-hybridized carbons (Fsp3) is 0.500. The van der Waals surface area contributed by atoms with Crippen molar-refractivity contribution in [1.29, 1.82) is 0 Å². The molecule has 0 bridgehead atoms. The molecule has 1 N–H and O–H groups in total. The van der Waals surface area contributed by atoms with Gasteiger partial charge in [-0.05, 0) is 56.5 Å². The van der Waals surface area contributed by atoms with Crippen molar-refractivity contribution in [1.82, 2.24) is 30.0 Å². The summed E-state index contributed by atoms with van der Waals surface area (Å²) < 4.78 is 7.89. The average Bonchev–Trinajstić information content (AvgIpc) is 3.32. The van der Waals surface area contributed by atoms with E-state index in [1.165, 1.54) is 16.8 Å². The molecule has 3 aromatic heterocycles. The molecule has 3 aromatic rings. The fourth-order valence-electron chi connectivity index (χ4n) is 5.87. The molecular weight excluding hydrogens is 466 g/mol. The van der Waals surface area contributed by atoms with Crippen molar-refractivity contribution >= 4 is 17.4 Å². The van der Waals surface area contributed by atoms with Crippen LogP contribution in [-0.2, 0) is 35.5 Å². The molecule has 0 aliphatic carbocycles. The minimum Gasteiger partial charge on any atom is -0.381 e. The molecular formula is C28H35N7O2. The van der Waals surface area contributed by atoms with Gasteiger partial charge in [0.25, 0.3) is 0 Å². The van der Waals surface area contributed by atoms with Gasteiger partial charge >= 0.3 is 0 Å². The number of hydrogen-bond donors (Lipinski definition) is 1. The summed E-state index contributed by atoms with van der Waals surface area (Å²) in [6.07, 6.45) is 8.76. The first-order valence-electron chi connectivity index (χ1n) is 13.4. The number of pyridine rings is 2. The highest BCUT2D eigenvalue weighted by Gasteiger charge is 2.33. The molecule has 6 rings (SSSR count). The number of nitrogens with one attached hydrogen (secondary N) is 1. The zero-order valence-corrected chi connectivity index (χ0v) is 21.7. The molecule has 37 heavy (non-hydrogen) atoms. The summed E-state index contributed by atoms with van der Waals surface area (Å²) in [5.74, 6) is 1.11. The van der Waals surface area contributed by atoms with E-state index in [9.17, 15) is 4.79 Å². The van der Waals surface area contributed by atoms with Gasteiger partial charge in [-0.2, -0.15) is 5.10 Å². The van der Waals surface area contributed by atoms with Gasteiger partial charge in [-0.25, -0.2) is 0 Å². The number of amides is 1. The molecule has 0 aromatic carbocycles. The molecule has 194 valence electrons. The molecule has 9 heteroatoms. The highest BCUT2D eigenvalue weighted by Crippen LogP contribution is 2.40. The summed E-state index contributed by atoms with van der Waals surface area (Å²) in [7, 11) is 1.92. The van der Waals surface area contributed by atoms with E-state index in [1.807, 2.05) is 24.3 Å². The van der Waals surface area contributed by atoms with E-state index in [0.29, 0.717) is 12.6 Å². The van der Waals surface area contributed by atoms with Crippen molar-refractivity contribution in [2.24, 2.45) is 0 Å². The first-order valence-corrected chi connectivity index (χ1v) is 13.4. The van der Waals surface area contributed by atoms with Gasteiger partial charge in [0.2, 0.25) is 5.91 Å². The fourth-order valence-corrected chi connectivity index (χ4v) is 5.87. The molecule has 1 saturated heterocycles. The number of nitrogens with zero attached hydrogens (tertiary/aromatic N) is 6. The summed E-state index contributed by atoms with van der Waals surface area (Å²) in [5, 5.41) is 8.38. The predicted octanol–water partition coefficient (Wildman–Crippen LogP) is 3.40. The van der Waals surface area contributed by atoms with Gasteiger partial charge in [0.1, 0.15) is 0 Å². The van der Waals surface area contributed by atoms with Crippen LogP contribution in [0.25, 0.3) is 11.3 Å². The van der Waals surface area contributed by atoms with Crippen LogP contribution in [-0.4, -0.2) is 63.9 Å². The Labute approximate surface area is 217 Å². The van der Waals surface area contributed by atoms with E-state index >= 15 is 0 Å². The van der Waals surface area contributed by atoms with Gasteiger partial charge in [0.15, 0.2) is 5.82 Å². The van der Waals surface area contributed by atoms with Crippen LogP contribution in [0.2, 0.25) is 0 Å². The Kier molecular flexibility index (Phi) is 6.65. The summed E-state index contributed by atoms with van der Waals surface area (Å²) in [4.78, 5) is 26.0. The highest BCUT2D eigenvalue weighted by molar-refractivity contribution is 5.75. The summed E-state index contributed by atoms with van der Waals surface area (Å²) in [5.41, 5.74) is 7.86. The van der Waals surface area contributed by atoms with Crippen LogP contribution in [0.3, 0.4) is 0 Å². The molecule has 6 heterocycles. The lowest BCUT2D eigenvalue weighted by Crippen LogP contribution is -2.36. The maximum Gasteiger partial charge on any atom is 0.219 e. The standard InChI is InChI=1S/C28H35N7O2/c1-19(36)33-11-7-26-24(18-33)28(32-35(26)23-8-12-37-13-9-23)34-10-3-4-20-14-25(31-17-27(20)34)21-5-6-22(16-29-2)30-15-21/h5-6,14-15,17,23,29H,3-4,7-13,16,18H2,1-2H3. The smallest absolute Gasteiger partial charge is 0.219 e. The Bertz CT molecular complexity index is 1280. The van der Waals surface area contributed by atoms with Crippen LogP contribution in [0, 0.1) is 0 Å². The van der Waals surface area contributed by atoms with Crippen LogP contribution < -0.4 is 10.2 Å². The second kappa shape index (κ2) is 10.2. The number of carbonyl (C=O) groups excluding carboxylic acids is 1. The summed E-state index contributed by atoms with van der Waals surface area (Å²) in [6.45, 7) is 6.22. The Morgan fingerprint density at radius 1 is 1.14 bits per heavy atom. The summed E-state index contributed by atoms with van der Waals surface area (Å²) in [6, 6.07) is 6.70. The molecule has 0 radical (unpaired) electrons. The Hall–Kier alpha value is -3.30. The quantitative estimate of drug-likeness (QED) is 0.573. The number of carbonyl (C=O) groups is 1. The number of anilines is 2. The second-order valence-corrected chi connectivity index (χ2v) is 10.2. The molecule has 1 fully saturated rings. The lowest BCUT2D eigenvalue weighted by molar-refractivity contribution is -0.129. The van der Waals surface area contributed by atoms with Gasteiger partial charge in [-0.3, -0.25) is 19.4 Å². The molecule has 1 amide bonds. The molecule has 0 spiro atoms. The van der Waals surface area contributed by atoms with Crippen molar-refractivity contribution in [2.45, 2.75) is 58.2 Å². The third kappa shape index (κ3) is 4.62. The highest BCUT2D eigenvalue weighted by atomic mass is 16.5. The average molecular weight is 502 g/mol. The van der Waals surface area contributed by atoms with E-state index in [4.69, 9.17) is 14.8 Å². The first kappa shape index (κ1) is 24.1. The number of fused-ring (bicyclic) bond motifs is 2. The zero-order valence-electron chi connectivity index (χ0n) is 21.7. The number of aryl methyl sites for hydroxylation is 1. The molecule has 3 aliphatic rings. The predicted molar refractivity (Wildman–Crippen MR) is 142 cm³/mol. The van der Waals surface area contributed by atoms with Crippen LogP contribution in [0.1, 0.15) is 54.7 Å². The van der Waals surface area contributed by atoms with Crippen molar-refractivity contribution in [3.63, 3.8) is 0 Å². The minimum atomic E-state index is 0.120. The van der Waals surface area contributed by atoms with Crippen LogP contribution in [0.4, 0.5) is 11.5 Å². The second-order valence-electron chi connectivity index (χ2n) is 10.2. The normalized spacial score (nSPS) is 18.0. The van der Waals surface area contributed by atoms with E-state index in [0.717, 1.165) is 93.4 Å². The number of hydrogen-bond acceptors (Lipinski definition) is 7. The minimum absolute atomic E-state index is 0.120. The largest absolute Gasteiger partial charge is 0.381 e. The van der Waals surface area contributed by atoms with E-state index in [2.05, 4.69) is 38.1 Å². The van der Waals surface area contributed by atoms with Gasteiger partial charge in [-0.15, -0.1) is 0 Å². The Morgan fingerprint density at radius 2 is 2.00 bits per heavy atom. The number of aromatic nitrogens is 4. The molecule has 0 saturated carbocycles. The van der Waals surface area contributed by atoms with Gasteiger partial charge in [-0.1, -0.05) is 0 Å². The lowest BCUT2D eigenvalue weighted by atomic mass is 9.99. The zero-order chi connectivity index (χ0) is 25.4. The topological polar surface area (TPSA) is 88.4 Å². The molecule has 0 atom stereocenters. The molecule has 9 nitrogen and oxygen atoms in total. The first-order chi connectivity index (χ1) is 18.1. The Morgan fingerprint density at radius 3 is 2.76 bits per heavy atom. The van der Waals surface area contributed by atoms with Crippen molar-refractivity contribution < 1.29 is 9.53 Å². The maximum atomic E-state index is 12.3. The van der Waals surface area contributed by atoms with Crippen LogP contribution in [0.15, 0.2) is 30.6 Å². The molecule has 3 aliphatic heterocycles. The van der Waals surface area contributed by atoms with Crippen LogP contribution in [0.5, 0.6) is 0 Å². The third-order valence-corrected chi connectivity index (χ3v) is 7.87. The van der Waals surface area contributed by atoms with Crippen LogP contribution >= 0.6 is 0 Å². The van der Waals surface area contributed by atoms with Gasteiger partial charge in [0, 0.05) is 69.2 Å². The van der Waals surface area contributed by atoms with E-state index in [-0.39, 0.29) is 5.91 Å². The van der Waals surface area contributed by atoms with Crippen molar-refractivity contribution in [3.8, 4) is 11.3 Å². The SMILES string of the molecule is CNCc1ccc(-c2cc3c(cn2)N(c2nn(C4CCOCC4)c4c2CN(C(C)=O)CC4)CCC3)cn1. The van der Waals surface area contributed by atoms with Crippen molar-refractivity contribution in [2.75, 3.05) is 38.3 Å². The van der Waals surface area contributed by atoms with Crippen molar-refractivity contribution in [3.05, 3.63) is 53.1 Å². The molecule has 0 unspecified atom stereocenters. The lowest BCUT2D eigenvalue weighted by Gasteiger charge is -2.32. The Balaban J connectivity index is 1.36. The van der Waals surface area contributed by atoms with E-state index in [1.54, 1.807) is 6.92 Å². The van der Waals surface area contributed by atoms with Gasteiger partial charge < -0.3 is 19.9 Å². The third-order valence-electron chi connectivity index (χ3n) is 7.87. The maximum absolute atomic E-state index is 12.3. The van der Waals surface area contributed by atoms with Gasteiger partial charge in [0.05, 0.1) is 35.9 Å². The monoisotopic (exact) mass is 501 g/mol. The summed E-state index contributed by atoms with van der Waals surface area (Å²) >= 11 is 0. The number of rotatable bonds is 5.